The maximum absolute atomic E-state index is 15.3. The molecule has 10 nitrogen and oxygen atoms in total. The average Bonchev–Trinajstić information content (AvgIpc) is 3.50. The Hall–Kier alpha value is -2.18. The first kappa shape index (κ1) is 25.4. The molecule has 1 saturated carbocycles. The number of thioether (sulfide) groups is 1. The van der Waals surface area contributed by atoms with Gasteiger partial charge in [0, 0.05) is 19.1 Å². The van der Waals surface area contributed by atoms with E-state index < -0.39 is 17.6 Å². The van der Waals surface area contributed by atoms with E-state index in [4.69, 9.17) is 0 Å². The van der Waals surface area contributed by atoms with Gasteiger partial charge in [0.2, 0.25) is 18.1 Å². The first-order chi connectivity index (χ1) is 15.8. The number of hydrazine groups is 1. The number of nitrogens with one attached hydrogen (secondary N) is 2. The highest BCUT2D eigenvalue weighted by Crippen LogP contribution is 2.31. The van der Waals surface area contributed by atoms with Crippen LogP contribution in [0.5, 0.6) is 0 Å². The van der Waals surface area contributed by atoms with Crippen molar-refractivity contribution in [3.05, 3.63) is 5.82 Å². The van der Waals surface area contributed by atoms with Crippen molar-refractivity contribution >= 4 is 35.7 Å². The van der Waals surface area contributed by atoms with Crippen LogP contribution < -0.4 is 15.8 Å². The van der Waals surface area contributed by atoms with E-state index in [9.17, 15) is 14.8 Å². The van der Waals surface area contributed by atoms with Crippen LogP contribution in [0.1, 0.15) is 38.5 Å². The van der Waals surface area contributed by atoms with E-state index in [0.717, 1.165) is 32.1 Å². The van der Waals surface area contributed by atoms with Crippen LogP contribution in [0.25, 0.3) is 0 Å². The fourth-order valence-electron chi connectivity index (χ4n) is 4.56. The predicted octanol–water partition coefficient (Wildman–Crippen LogP) is 1.97. The SMILES string of the molecule is CSc1nc(NNC(=O)[C@@H](CC2CCCC2)CN(O)C=O)c(F)c(N2CC[C@@H](N(C)C)C2)n1. The second-order valence-electron chi connectivity index (χ2n) is 8.97. The number of carbonyl (C=O) groups is 2. The lowest BCUT2D eigenvalue weighted by Gasteiger charge is -2.24. The van der Waals surface area contributed by atoms with Crippen LogP contribution in [-0.4, -0.2) is 83.5 Å². The minimum Gasteiger partial charge on any atom is -0.352 e. The van der Waals surface area contributed by atoms with Crippen LogP contribution in [0.3, 0.4) is 0 Å². The molecule has 3 N–H and O–H groups in total. The fourth-order valence-corrected chi connectivity index (χ4v) is 4.92. The van der Waals surface area contributed by atoms with Gasteiger partial charge in [-0.05, 0) is 39.1 Å². The van der Waals surface area contributed by atoms with Gasteiger partial charge < -0.3 is 9.80 Å². The second-order valence-corrected chi connectivity index (χ2v) is 9.75. The zero-order valence-corrected chi connectivity index (χ0v) is 20.3. The van der Waals surface area contributed by atoms with Crippen molar-refractivity contribution in [3.63, 3.8) is 0 Å². The van der Waals surface area contributed by atoms with Crippen molar-refractivity contribution < 1.29 is 19.2 Å². The quantitative estimate of drug-likeness (QED) is 0.143. The molecule has 3 rings (SSSR count). The highest BCUT2D eigenvalue weighted by Gasteiger charge is 2.30. The molecule has 12 heteroatoms. The van der Waals surface area contributed by atoms with Gasteiger partial charge in [-0.15, -0.1) is 0 Å². The Kier molecular flexibility index (Phi) is 9.10. The molecular weight excluding hydrogens is 449 g/mol. The van der Waals surface area contributed by atoms with E-state index >= 15 is 4.39 Å². The van der Waals surface area contributed by atoms with Gasteiger partial charge >= 0.3 is 0 Å². The summed E-state index contributed by atoms with van der Waals surface area (Å²) in [5.41, 5.74) is 5.15. The molecule has 1 aromatic rings. The largest absolute Gasteiger partial charge is 0.352 e. The normalized spacial score (nSPS) is 19.7. The molecule has 0 aromatic carbocycles. The van der Waals surface area contributed by atoms with Gasteiger partial charge in [-0.25, -0.2) is 15.0 Å². The third-order valence-corrected chi connectivity index (χ3v) is 7.03. The monoisotopic (exact) mass is 483 g/mol. The van der Waals surface area contributed by atoms with E-state index in [0.29, 0.717) is 41.7 Å². The Morgan fingerprint density at radius 1 is 1.33 bits per heavy atom. The summed E-state index contributed by atoms with van der Waals surface area (Å²) in [4.78, 5) is 36.3. The summed E-state index contributed by atoms with van der Waals surface area (Å²) in [5.74, 6) is -1.22. The van der Waals surface area contributed by atoms with Crippen molar-refractivity contribution in [3.8, 4) is 0 Å². The Morgan fingerprint density at radius 2 is 2.06 bits per heavy atom. The third kappa shape index (κ3) is 6.67. The topological polar surface area (TPSA) is 114 Å². The molecule has 1 aliphatic heterocycles. The molecule has 1 saturated heterocycles. The minimum absolute atomic E-state index is 0.109. The number of amides is 2. The summed E-state index contributed by atoms with van der Waals surface area (Å²) in [6, 6.07) is 0.309. The number of nitrogens with zero attached hydrogens (tertiary/aromatic N) is 5. The molecule has 184 valence electrons. The van der Waals surface area contributed by atoms with Crippen molar-refractivity contribution in [1.29, 1.82) is 0 Å². The number of halogens is 1. The minimum atomic E-state index is -0.628. The molecule has 0 unspecified atom stereocenters. The molecule has 0 radical (unpaired) electrons. The summed E-state index contributed by atoms with van der Waals surface area (Å²) < 4.78 is 15.3. The molecule has 2 atom stereocenters. The summed E-state index contributed by atoms with van der Waals surface area (Å²) in [6.45, 7) is 1.21. The van der Waals surface area contributed by atoms with E-state index in [1.165, 1.54) is 11.8 Å². The van der Waals surface area contributed by atoms with Crippen LogP contribution >= 0.6 is 11.8 Å². The van der Waals surface area contributed by atoms with Gasteiger partial charge in [-0.1, -0.05) is 37.4 Å². The third-order valence-electron chi connectivity index (χ3n) is 6.49. The first-order valence-electron chi connectivity index (χ1n) is 11.3. The number of hydrogen-bond donors (Lipinski definition) is 3. The molecule has 1 aliphatic carbocycles. The summed E-state index contributed by atoms with van der Waals surface area (Å²) in [5, 5.41) is 10.5. The lowest BCUT2D eigenvalue weighted by molar-refractivity contribution is -0.154. The molecule has 2 heterocycles. The van der Waals surface area contributed by atoms with Crippen molar-refractivity contribution in [2.24, 2.45) is 11.8 Å². The highest BCUT2D eigenvalue weighted by molar-refractivity contribution is 7.98. The maximum Gasteiger partial charge on any atom is 0.243 e. The summed E-state index contributed by atoms with van der Waals surface area (Å²) >= 11 is 1.29. The standard InChI is InChI=1S/C21H34FN7O3S/c1-27(2)16-8-9-28(12-16)19-17(22)18(23-21(24-19)33-3)25-26-20(31)15(11-29(32)13-30)10-14-6-4-5-7-14/h13-16,32H,4-12H2,1-3H3,(H,26,31)(H,23,24,25)/t15-,16+/m0/s1. The van der Waals surface area contributed by atoms with E-state index in [2.05, 4.69) is 25.7 Å². The number of rotatable bonds is 11. The smallest absolute Gasteiger partial charge is 0.243 e. The maximum atomic E-state index is 15.3. The summed E-state index contributed by atoms with van der Waals surface area (Å²) in [7, 11) is 4.00. The molecule has 33 heavy (non-hydrogen) atoms. The van der Waals surface area contributed by atoms with Crippen LogP contribution in [-0.2, 0) is 9.59 Å². The highest BCUT2D eigenvalue weighted by atomic mass is 32.2. The molecule has 2 fully saturated rings. The van der Waals surface area contributed by atoms with E-state index in [-0.39, 0.29) is 24.6 Å². The number of aromatic nitrogens is 2. The molecule has 0 bridgehead atoms. The van der Waals surface area contributed by atoms with Crippen LogP contribution in [0.4, 0.5) is 16.0 Å². The van der Waals surface area contributed by atoms with E-state index in [1.807, 2.05) is 19.0 Å². The van der Waals surface area contributed by atoms with Crippen LogP contribution in [0, 0.1) is 17.7 Å². The van der Waals surface area contributed by atoms with Crippen LogP contribution in [0.2, 0.25) is 0 Å². The fraction of sp³-hybridized carbons (Fsp3) is 0.714. The molecule has 2 aliphatic rings. The number of hydroxylamine groups is 2. The average molecular weight is 484 g/mol. The van der Waals surface area contributed by atoms with Gasteiger partial charge in [0.15, 0.2) is 16.8 Å². The number of likely N-dealkylation sites (N-methyl/N-ethyl adjacent to an activating group) is 1. The lowest BCUT2D eigenvalue weighted by atomic mass is 9.92. The number of carbonyl (C=O) groups excluding carboxylic acids is 2. The Morgan fingerprint density at radius 3 is 2.67 bits per heavy atom. The van der Waals surface area contributed by atoms with Gasteiger partial charge in [0.05, 0.1) is 12.5 Å². The van der Waals surface area contributed by atoms with Gasteiger partial charge in [-0.2, -0.15) is 4.39 Å². The van der Waals surface area contributed by atoms with E-state index in [1.54, 1.807) is 6.26 Å². The lowest BCUT2D eigenvalue weighted by Crippen LogP contribution is -2.41. The zero-order chi connectivity index (χ0) is 24.0. The number of anilines is 2. The van der Waals surface area contributed by atoms with Crippen molar-refractivity contribution in [2.45, 2.75) is 49.7 Å². The van der Waals surface area contributed by atoms with Gasteiger partial charge in [0.25, 0.3) is 0 Å². The molecule has 0 spiro atoms. The second kappa shape index (κ2) is 11.8. The molecule has 1 aromatic heterocycles. The summed E-state index contributed by atoms with van der Waals surface area (Å²) in [6.07, 6.45) is 7.81. The predicted molar refractivity (Wildman–Crippen MR) is 124 cm³/mol. The Bertz CT molecular complexity index is 825. The Labute approximate surface area is 198 Å². The van der Waals surface area contributed by atoms with Crippen molar-refractivity contribution in [2.75, 3.05) is 50.3 Å². The Balaban J connectivity index is 1.71. The first-order valence-corrected chi connectivity index (χ1v) is 12.5. The van der Waals surface area contributed by atoms with Gasteiger partial charge in [0.1, 0.15) is 0 Å². The molecule has 2 amide bonds. The zero-order valence-electron chi connectivity index (χ0n) is 19.5. The number of hydrogen-bond acceptors (Lipinski definition) is 9. The molecular formula is C21H34FN7O3S. The van der Waals surface area contributed by atoms with Crippen molar-refractivity contribution in [1.82, 2.24) is 25.4 Å². The van der Waals surface area contributed by atoms with Gasteiger partial charge in [-0.3, -0.25) is 25.6 Å². The van der Waals surface area contributed by atoms with Crippen LogP contribution in [0.15, 0.2) is 5.16 Å².